The average Bonchev–Trinajstić information content (AvgIpc) is 2.39. The van der Waals surface area contributed by atoms with Crippen molar-refractivity contribution < 1.29 is 4.79 Å². The minimum absolute atomic E-state index is 0.764. The Kier molecular flexibility index (Phi) is 4.19. The number of hydrogen-bond acceptors (Lipinski definition) is 1. The summed E-state index contributed by atoms with van der Waals surface area (Å²) in [5, 5.41) is 0. The van der Waals surface area contributed by atoms with Gasteiger partial charge in [-0.05, 0) is 55.5 Å². The smallest absolute Gasteiger partial charge is 0.150 e. The first-order valence-electron chi connectivity index (χ1n) is 6.84. The first-order chi connectivity index (χ1) is 9.54. The monoisotopic (exact) mass is 264 g/mol. The highest BCUT2D eigenvalue weighted by atomic mass is 16.1. The number of carbonyl (C=O) groups excluding carboxylic acids is 1. The van der Waals surface area contributed by atoms with E-state index in [1.54, 1.807) is 0 Å². The van der Waals surface area contributed by atoms with Crippen LogP contribution in [-0.4, -0.2) is 6.29 Å². The molecule has 0 spiro atoms. The van der Waals surface area contributed by atoms with Crippen molar-refractivity contribution in [1.82, 2.24) is 0 Å². The third kappa shape index (κ3) is 2.72. The lowest BCUT2D eigenvalue weighted by atomic mass is 9.90. The highest BCUT2D eigenvalue weighted by molar-refractivity contribution is 6.17. The zero-order chi connectivity index (χ0) is 14.7. The number of carbonyl (C=O) groups is 1. The van der Waals surface area contributed by atoms with E-state index in [0.29, 0.717) is 0 Å². The van der Waals surface area contributed by atoms with E-state index in [1.807, 2.05) is 37.3 Å². The fourth-order valence-corrected chi connectivity index (χ4v) is 2.90. The van der Waals surface area contributed by atoms with Crippen LogP contribution in [-0.2, 0) is 4.79 Å². The summed E-state index contributed by atoms with van der Waals surface area (Å²) in [5.41, 5.74) is 7.65. The Morgan fingerprint density at radius 3 is 2.00 bits per heavy atom. The van der Waals surface area contributed by atoms with Crippen molar-refractivity contribution in [2.24, 2.45) is 0 Å². The van der Waals surface area contributed by atoms with Gasteiger partial charge in [0, 0.05) is 5.57 Å². The molecule has 102 valence electrons. The number of allylic oxidation sites excluding steroid dienone is 2. The molecule has 0 unspecified atom stereocenters. The molecule has 0 aromatic heterocycles. The summed E-state index contributed by atoms with van der Waals surface area (Å²) in [4.78, 5) is 11.6. The maximum atomic E-state index is 11.6. The van der Waals surface area contributed by atoms with Crippen molar-refractivity contribution in [3.05, 3.63) is 70.3 Å². The molecule has 0 radical (unpaired) electrons. The van der Waals surface area contributed by atoms with Crippen LogP contribution < -0.4 is 0 Å². The van der Waals surface area contributed by atoms with Gasteiger partial charge in [0.1, 0.15) is 0 Å². The average molecular weight is 264 g/mol. The molecule has 0 bridgehead atoms. The molecule has 0 aliphatic rings. The Labute approximate surface area is 121 Å². The summed E-state index contributed by atoms with van der Waals surface area (Å²) in [6.45, 7) is 8.33. The Hall–Kier alpha value is -2.15. The van der Waals surface area contributed by atoms with E-state index in [-0.39, 0.29) is 0 Å². The van der Waals surface area contributed by atoms with Gasteiger partial charge in [-0.15, -0.1) is 0 Å². The number of benzene rings is 2. The number of aryl methyl sites for hydroxylation is 3. The van der Waals surface area contributed by atoms with Crippen molar-refractivity contribution in [3.8, 4) is 0 Å². The molecule has 20 heavy (non-hydrogen) atoms. The molecule has 0 amide bonds. The standard InChI is InChI=1S/C19H20O/c1-13-10-14(2)19(15(3)11-13)16(4)18(12-20)17-8-6-5-7-9-17/h5-12H,1-4H3/b18-16+. The summed E-state index contributed by atoms with van der Waals surface area (Å²) in [5.74, 6) is 0. The maximum absolute atomic E-state index is 11.6. The second-order valence-corrected chi connectivity index (χ2v) is 5.30. The predicted octanol–water partition coefficient (Wildman–Crippen LogP) is 4.74. The summed E-state index contributed by atoms with van der Waals surface area (Å²) >= 11 is 0. The van der Waals surface area contributed by atoms with E-state index in [4.69, 9.17) is 0 Å². The Bertz CT molecular complexity index is 640. The van der Waals surface area contributed by atoms with E-state index in [2.05, 4.69) is 32.9 Å². The largest absolute Gasteiger partial charge is 0.298 e. The summed E-state index contributed by atoms with van der Waals surface area (Å²) in [7, 11) is 0. The van der Waals surface area contributed by atoms with Crippen LogP contribution in [0.25, 0.3) is 11.1 Å². The number of rotatable bonds is 3. The summed E-state index contributed by atoms with van der Waals surface area (Å²) in [6.07, 6.45) is 0.962. The van der Waals surface area contributed by atoms with Gasteiger partial charge < -0.3 is 0 Å². The minimum Gasteiger partial charge on any atom is -0.298 e. The van der Waals surface area contributed by atoms with E-state index < -0.39 is 0 Å². The van der Waals surface area contributed by atoms with Crippen LogP contribution in [0.3, 0.4) is 0 Å². The van der Waals surface area contributed by atoms with Gasteiger partial charge >= 0.3 is 0 Å². The van der Waals surface area contributed by atoms with Crippen LogP contribution in [0.1, 0.15) is 34.7 Å². The molecule has 1 heteroatoms. The molecule has 0 N–H and O–H groups in total. The first kappa shape index (κ1) is 14.3. The van der Waals surface area contributed by atoms with Crippen LogP contribution in [0, 0.1) is 20.8 Å². The van der Waals surface area contributed by atoms with Crippen molar-refractivity contribution in [2.45, 2.75) is 27.7 Å². The van der Waals surface area contributed by atoms with Crippen molar-refractivity contribution in [1.29, 1.82) is 0 Å². The molecule has 2 aromatic rings. The zero-order valence-electron chi connectivity index (χ0n) is 12.5. The minimum atomic E-state index is 0.764. The topological polar surface area (TPSA) is 17.1 Å². The van der Waals surface area contributed by atoms with Crippen LogP contribution in [0.4, 0.5) is 0 Å². The van der Waals surface area contributed by atoms with E-state index in [0.717, 1.165) is 23.0 Å². The van der Waals surface area contributed by atoms with Gasteiger partial charge in [0.25, 0.3) is 0 Å². The number of aldehydes is 1. The van der Waals surface area contributed by atoms with Gasteiger partial charge in [0.2, 0.25) is 0 Å². The molecule has 0 atom stereocenters. The Morgan fingerprint density at radius 1 is 0.950 bits per heavy atom. The van der Waals surface area contributed by atoms with Gasteiger partial charge in [0.15, 0.2) is 6.29 Å². The van der Waals surface area contributed by atoms with Gasteiger partial charge in [0.05, 0.1) is 0 Å². The fourth-order valence-electron chi connectivity index (χ4n) is 2.90. The third-order valence-electron chi connectivity index (χ3n) is 3.66. The molecular weight excluding hydrogens is 244 g/mol. The zero-order valence-corrected chi connectivity index (χ0v) is 12.5. The van der Waals surface area contributed by atoms with Gasteiger partial charge in [-0.25, -0.2) is 0 Å². The maximum Gasteiger partial charge on any atom is 0.150 e. The molecule has 0 fully saturated rings. The van der Waals surface area contributed by atoms with Crippen LogP contribution in [0.5, 0.6) is 0 Å². The molecular formula is C19H20O. The highest BCUT2D eigenvalue weighted by Gasteiger charge is 2.11. The number of hydrogen-bond donors (Lipinski definition) is 0. The lowest BCUT2D eigenvalue weighted by Crippen LogP contribution is -1.97. The van der Waals surface area contributed by atoms with Gasteiger partial charge in [-0.1, -0.05) is 48.0 Å². The predicted molar refractivity (Wildman–Crippen MR) is 85.6 cm³/mol. The normalized spacial score (nSPS) is 12.0. The molecule has 0 aliphatic heterocycles. The Morgan fingerprint density at radius 2 is 1.50 bits per heavy atom. The van der Waals surface area contributed by atoms with Crippen LogP contribution in [0.2, 0.25) is 0 Å². The molecule has 0 saturated heterocycles. The van der Waals surface area contributed by atoms with Crippen molar-refractivity contribution in [2.75, 3.05) is 0 Å². The van der Waals surface area contributed by atoms with Crippen LogP contribution >= 0.6 is 0 Å². The molecule has 0 heterocycles. The highest BCUT2D eigenvalue weighted by Crippen LogP contribution is 2.30. The second kappa shape index (κ2) is 5.87. The van der Waals surface area contributed by atoms with Crippen molar-refractivity contribution in [3.63, 3.8) is 0 Å². The van der Waals surface area contributed by atoms with Gasteiger partial charge in [-0.2, -0.15) is 0 Å². The lowest BCUT2D eigenvalue weighted by Gasteiger charge is -2.14. The van der Waals surface area contributed by atoms with Crippen LogP contribution in [0.15, 0.2) is 42.5 Å². The molecule has 1 nitrogen and oxygen atoms in total. The first-order valence-corrected chi connectivity index (χ1v) is 6.84. The Balaban J connectivity index is 2.67. The fraction of sp³-hybridized carbons (Fsp3) is 0.211. The van der Waals surface area contributed by atoms with Crippen molar-refractivity contribution >= 4 is 17.4 Å². The summed E-state index contributed by atoms with van der Waals surface area (Å²) in [6, 6.07) is 14.2. The van der Waals surface area contributed by atoms with Gasteiger partial charge in [-0.3, -0.25) is 4.79 Å². The quantitative estimate of drug-likeness (QED) is 0.444. The lowest BCUT2D eigenvalue weighted by molar-refractivity contribution is -0.103. The van der Waals surface area contributed by atoms with E-state index in [1.165, 1.54) is 22.3 Å². The molecule has 2 rings (SSSR count). The second-order valence-electron chi connectivity index (χ2n) is 5.30. The summed E-state index contributed by atoms with van der Waals surface area (Å²) < 4.78 is 0. The molecule has 2 aromatic carbocycles. The SMILES string of the molecule is C/C(=C(/C=O)c1ccccc1)c1c(C)cc(C)cc1C. The van der Waals surface area contributed by atoms with E-state index in [9.17, 15) is 4.79 Å². The molecule has 0 aliphatic carbocycles. The third-order valence-corrected chi connectivity index (χ3v) is 3.66. The molecule has 0 saturated carbocycles. The van der Waals surface area contributed by atoms with E-state index >= 15 is 0 Å².